The van der Waals surface area contributed by atoms with Crippen molar-refractivity contribution in [3.05, 3.63) is 125 Å². The first-order valence-electron chi connectivity index (χ1n) is 9.61. The normalized spacial score (nSPS) is 12.6. The molecule has 0 aromatic heterocycles. The highest BCUT2D eigenvalue weighted by atomic mass is 32.2. The third-order valence-electron chi connectivity index (χ3n) is 5.23. The number of halogens is 2. The zero-order valence-corrected chi connectivity index (χ0v) is 17.0. The molecule has 0 saturated carbocycles. The largest absolute Gasteiger partial charge is 0.289 e. The summed E-state index contributed by atoms with van der Waals surface area (Å²) in [5, 5.41) is 0. The molecule has 5 heteroatoms. The fraction of sp³-hybridized carbons (Fsp3) is 0. The highest BCUT2D eigenvalue weighted by molar-refractivity contribution is 7.97. The van der Waals surface area contributed by atoms with Crippen LogP contribution in [0.4, 0.5) is 8.78 Å². The molecule has 4 aromatic rings. The van der Waals surface area contributed by atoms with Crippen LogP contribution in [0.5, 0.6) is 0 Å². The lowest BCUT2D eigenvalue weighted by Crippen LogP contribution is -2.21. The summed E-state index contributed by atoms with van der Waals surface area (Å²) in [6.07, 6.45) is 0. The molecule has 1 aliphatic carbocycles. The molecule has 150 valence electrons. The molecule has 0 heterocycles. The van der Waals surface area contributed by atoms with Crippen molar-refractivity contribution in [2.75, 3.05) is 0 Å². The minimum absolute atomic E-state index is 0.180. The molecule has 0 aliphatic heterocycles. The second-order valence-corrected chi connectivity index (χ2v) is 9.15. The van der Waals surface area contributed by atoms with Gasteiger partial charge in [0.15, 0.2) is 26.3 Å². The van der Waals surface area contributed by atoms with E-state index >= 15 is 0 Å². The van der Waals surface area contributed by atoms with Crippen molar-refractivity contribution in [3.63, 3.8) is 0 Å². The molecule has 1 aliphatic rings. The first-order chi connectivity index (χ1) is 15.0. The Balaban J connectivity index is 1.67. The van der Waals surface area contributed by atoms with Gasteiger partial charge in [0, 0.05) is 28.3 Å². The molecule has 0 atom stereocenters. The van der Waals surface area contributed by atoms with E-state index in [-0.39, 0.29) is 23.2 Å². The van der Waals surface area contributed by atoms with Crippen LogP contribution < -0.4 is 0 Å². The number of carbonyl (C=O) groups excluding carboxylic acids is 2. The summed E-state index contributed by atoms with van der Waals surface area (Å²) in [5.74, 6) is -1.09. The maximum atomic E-state index is 13.5. The second kappa shape index (κ2) is 7.60. The van der Waals surface area contributed by atoms with Crippen molar-refractivity contribution in [3.8, 4) is 0 Å². The zero-order chi connectivity index (χ0) is 21.5. The number of hydrogen-bond donors (Lipinski definition) is 0. The van der Waals surface area contributed by atoms with Gasteiger partial charge >= 0.3 is 0 Å². The molecule has 0 bridgehead atoms. The third-order valence-corrected chi connectivity index (χ3v) is 7.44. The van der Waals surface area contributed by atoms with Crippen LogP contribution in [0.25, 0.3) is 0 Å². The zero-order valence-electron chi connectivity index (χ0n) is 16.1. The van der Waals surface area contributed by atoms with Crippen LogP contribution in [0.1, 0.15) is 31.8 Å². The van der Waals surface area contributed by atoms with Gasteiger partial charge < -0.3 is 0 Å². The predicted molar refractivity (Wildman–Crippen MR) is 115 cm³/mol. The van der Waals surface area contributed by atoms with Crippen LogP contribution in [0.15, 0.2) is 106 Å². The average Bonchev–Trinajstić information content (AvgIpc) is 2.80. The van der Waals surface area contributed by atoms with Crippen LogP contribution in [0.3, 0.4) is 0 Å². The van der Waals surface area contributed by atoms with Gasteiger partial charge in [-0.1, -0.05) is 24.3 Å². The number of fused-ring (bicyclic) bond motifs is 2. The van der Waals surface area contributed by atoms with Gasteiger partial charge in [0.2, 0.25) is 0 Å². The first-order valence-corrected chi connectivity index (χ1v) is 10.8. The molecule has 0 unspecified atom stereocenters. The van der Waals surface area contributed by atoms with Crippen LogP contribution >= 0.6 is 0 Å². The van der Waals surface area contributed by atoms with E-state index in [0.29, 0.717) is 22.3 Å². The van der Waals surface area contributed by atoms with Crippen molar-refractivity contribution >= 4 is 22.5 Å². The minimum Gasteiger partial charge on any atom is -0.289 e. The maximum Gasteiger partial charge on any atom is 0.194 e. The molecule has 0 radical (unpaired) electrons. The molecule has 0 amide bonds. The molecule has 0 spiro atoms. The monoisotopic (exact) mass is 429 g/mol. The van der Waals surface area contributed by atoms with E-state index in [1.807, 2.05) is 6.07 Å². The summed E-state index contributed by atoms with van der Waals surface area (Å²) < 4.78 is 27.1. The van der Waals surface area contributed by atoms with Crippen molar-refractivity contribution in [1.82, 2.24) is 0 Å². The number of rotatable bonds is 3. The molecular weight excluding hydrogens is 414 g/mol. The van der Waals surface area contributed by atoms with Gasteiger partial charge in [0.05, 0.1) is 10.9 Å². The number of ketones is 2. The molecule has 0 fully saturated rings. The SMILES string of the molecule is O=C1c2ccccc2C(=O)c2cc([S+](c3ccc(F)cc3)c3ccc(F)cc3)ccc21. The Morgan fingerprint density at radius 2 is 0.903 bits per heavy atom. The lowest BCUT2D eigenvalue weighted by atomic mass is 9.84. The van der Waals surface area contributed by atoms with Gasteiger partial charge in [0.1, 0.15) is 11.6 Å². The Hall–Kier alpha value is -3.57. The Morgan fingerprint density at radius 1 is 0.484 bits per heavy atom. The molecular formula is C26H15F2O2S+. The van der Waals surface area contributed by atoms with Crippen molar-refractivity contribution in [2.24, 2.45) is 0 Å². The molecule has 5 rings (SSSR count). The van der Waals surface area contributed by atoms with Gasteiger partial charge in [-0.2, -0.15) is 0 Å². The van der Waals surface area contributed by atoms with E-state index in [1.54, 1.807) is 60.7 Å². The third kappa shape index (κ3) is 3.37. The Bertz CT molecular complexity index is 1280. The van der Waals surface area contributed by atoms with Crippen LogP contribution in [-0.4, -0.2) is 11.6 Å². The van der Waals surface area contributed by atoms with Crippen molar-refractivity contribution in [1.29, 1.82) is 0 Å². The summed E-state index contributed by atoms with van der Waals surface area (Å²) in [6, 6.07) is 24.3. The molecule has 31 heavy (non-hydrogen) atoms. The van der Waals surface area contributed by atoms with E-state index < -0.39 is 10.9 Å². The predicted octanol–water partition coefficient (Wildman–Crippen LogP) is 5.84. The summed E-state index contributed by atoms with van der Waals surface area (Å²) in [4.78, 5) is 28.5. The highest BCUT2D eigenvalue weighted by Crippen LogP contribution is 2.35. The number of carbonyl (C=O) groups is 2. The quantitative estimate of drug-likeness (QED) is 0.338. The average molecular weight is 429 g/mol. The van der Waals surface area contributed by atoms with Gasteiger partial charge in [0.25, 0.3) is 0 Å². The summed E-state index contributed by atoms with van der Waals surface area (Å²) in [5.41, 5.74) is 1.52. The van der Waals surface area contributed by atoms with Crippen molar-refractivity contribution < 1.29 is 18.4 Å². The molecule has 0 saturated heterocycles. The standard InChI is InChI=1S/C26H15F2O2S/c27-16-5-9-18(10-6-16)31(19-11-7-17(28)8-12-19)20-13-14-23-24(15-20)26(30)22-4-2-1-3-21(22)25(23)29/h1-15H/q+1. The summed E-state index contributed by atoms with van der Waals surface area (Å²) in [6.45, 7) is 0. The number of benzene rings is 4. The van der Waals surface area contributed by atoms with E-state index in [1.165, 1.54) is 24.3 Å². The Kier molecular flexibility index (Phi) is 4.75. The fourth-order valence-corrected chi connectivity index (χ4v) is 5.83. The van der Waals surface area contributed by atoms with Crippen molar-refractivity contribution in [2.45, 2.75) is 14.7 Å². The Morgan fingerprint density at radius 3 is 1.42 bits per heavy atom. The van der Waals surface area contributed by atoms with Crippen LogP contribution in [0, 0.1) is 11.6 Å². The first kappa shape index (κ1) is 19.4. The molecule has 4 aromatic carbocycles. The summed E-state index contributed by atoms with van der Waals surface area (Å²) in [7, 11) is -0.710. The lowest BCUT2D eigenvalue weighted by molar-refractivity contribution is 0.0979. The Labute approximate surface area is 180 Å². The lowest BCUT2D eigenvalue weighted by Gasteiger charge is -2.18. The smallest absolute Gasteiger partial charge is 0.194 e. The molecule has 0 N–H and O–H groups in total. The molecule has 2 nitrogen and oxygen atoms in total. The van der Waals surface area contributed by atoms with Crippen LogP contribution in [-0.2, 0) is 10.9 Å². The second-order valence-electron chi connectivity index (χ2n) is 7.13. The van der Waals surface area contributed by atoms with E-state index in [0.717, 1.165) is 14.7 Å². The number of hydrogen-bond acceptors (Lipinski definition) is 2. The van der Waals surface area contributed by atoms with E-state index in [4.69, 9.17) is 0 Å². The van der Waals surface area contributed by atoms with Gasteiger partial charge in [-0.25, -0.2) is 8.78 Å². The minimum atomic E-state index is -0.710. The van der Waals surface area contributed by atoms with Gasteiger partial charge in [-0.3, -0.25) is 9.59 Å². The van der Waals surface area contributed by atoms with Crippen LogP contribution in [0.2, 0.25) is 0 Å². The summed E-state index contributed by atoms with van der Waals surface area (Å²) >= 11 is 0. The fourth-order valence-electron chi connectivity index (χ4n) is 3.76. The maximum absolute atomic E-state index is 13.5. The van der Waals surface area contributed by atoms with E-state index in [2.05, 4.69) is 0 Å². The van der Waals surface area contributed by atoms with Gasteiger partial charge in [-0.05, 0) is 60.7 Å². The van der Waals surface area contributed by atoms with Gasteiger partial charge in [-0.15, -0.1) is 0 Å². The topological polar surface area (TPSA) is 34.1 Å². The van der Waals surface area contributed by atoms with E-state index in [9.17, 15) is 18.4 Å². The highest BCUT2D eigenvalue weighted by Gasteiger charge is 2.34.